The number of rotatable bonds is 0. The molecule has 0 bridgehead atoms. The summed E-state index contributed by atoms with van der Waals surface area (Å²) in [5.74, 6) is 0. The van der Waals surface area contributed by atoms with Gasteiger partial charge in [0, 0.05) is 7.11 Å². The van der Waals surface area contributed by atoms with Gasteiger partial charge in [0.1, 0.15) is 0 Å². The molecule has 0 heterocycles. The van der Waals surface area contributed by atoms with E-state index in [0.717, 1.165) is 7.11 Å². The van der Waals surface area contributed by atoms with Crippen LogP contribution in [0.15, 0.2) is 0 Å². The fourth-order valence-corrected chi connectivity index (χ4v) is 0. The molecule has 0 amide bonds. The summed E-state index contributed by atoms with van der Waals surface area (Å²) in [6.45, 7) is 0. The van der Waals surface area contributed by atoms with E-state index >= 15 is 0 Å². The van der Waals surface area contributed by atoms with Crippen LogP contribution in [0.4, 0.5) is 0 Å². The molecular weight excluding hydrogens is 260 g/mol. The summed E-state index contributed by atoms with van der Waals surface area (Å²) >= 11 is 0. The van der Waals surface area contributed by atoms with Gasteiger partial charge in [-0.05, 0) is 0 Å². The van der Waals surface area contributed by atoms with E-state index in [1.54, 1.807) is 0 Å². The number of hydrogen-bond acceptors (Lipinski definition) is 1. The van der Waals surface area contributed by atoms with Crippen molar-refractivity contribution in [2.45, 2.75) is 0 Å². The Morgan fingerprint density at radius 2 is 1.25 bits per heavy atom. The first-order valence-electron chi connectivity index (χ1n) is 0.447. The molecule has 0 aromatic rings. The third-order valence-corrected chi connectivity index (χ3v) is 0. The molecule has 0 aliphatic rings. The molecule has 0 aliphatic carbocycles. The molecule has 0 spiro atoms. The molecule has 3 heteroatoms. The van der Waals surface area contributed by atoms with Crippen LogP contribution in [0.25, 0.3) is 0 Å². The Hall–Kier alpha value is 0.990. The molecule has 0 aromatic carbocycles. The molecule has 0 saturated carbocycles. The van der Waals surface area contributed by atoms with Crippen molar-refractivity contribution in [1.82, 2.24) is 0 Å². The molecule has 0 unspecified atom stereocenters. The Kier molecular flexibility index (Phi) is 182. The van der Waals surface area contributed by atoms with Crippen molar-refractivity contribution in [2.75, 3.05) is 7.11 Å². The molecule has 32 valence electrons. The third-order valence-electron chi connectivity index (χ3n) is 0. The second kappa shape index (κ2) is 36.4. The third kappa shape index (κ3) is 12.1. The Bertz CT molecular complexity index is 8.00. The topological polar surface area (TPSA) is 20.2 Å². The van der Waals surface area contributed by atoms with Crippen molar-refractivity contribution >= 4 is 0 Å². The van der Waals surface area contributed by atoms with Crippen LogP contribution in [0.2, 0.25) is 0 Å². The largest absolute Gasteiger partial charge is 1.00 e. The summed E-state index contributed by atoms with van der Waals surface area (Å²) in [5.41, 5.74) is 0. The van der Waals surface area contributed by atoms with Crippen LogP contribution in [0.5, 0.6) is 0 Å². The summed E-state index contributed by atoms with van der Waals surface area (Å²) in [4.78, 5) is 0. The van der Waals surface area contributed by atoms with Gasteiger partial charge in [-0.3, -0.25) is 0 Å². The summed E-state index contributed by atoms with van der Waals surface area (Å²) < 4.78 is 0. The van der Waals surface area contributed by atoms with E-state index in [0.29, 0.717) is 0 Å². The summed E-state index contributed by atoms with van der Waals surface area (Å²) in [7, 11) is 1.00. The first-order valence-corrected chi connectivity index (χ1v) is 0.447. The molecule has 0 fully saturated rings. The molecular formula is CH4AuClO. The second-order valence-corrected chi connectivity index (χ2v) is 0. The van der Waals surface area contributed by atoms with Gasteiger partial charge in [0.05, 0.1) is 0 Å². The van der Waals surface area contributed by atoms with Crippen molar-refractivity contribution < 1.29 is 39.9 Å². The molecule has 0 radical (unpaired) electrons. The molecule has 0 aliphatic heterocycles. The van der Waals surface area contributed by atoms with Gasteiger partial charge in [0.15, 0.2) is 0 Å². The van der Waals surface area contributed by atoms with Crippen molar-refractivity contribution in [3.63, 3.8) is 0 Å². The van der Waals surface area contributed by atoms with E-state index in [1.165, 1.54) is 0 Å². The van der Waals surface area contributed by atoms with Crippen LogP contribution in [-0.2, 0) is 22.4 Å². The number of hydrogen-bond donors (Lipinski definition) is 1. The summed E-state index contributed by atoms with van der Waals surface area (Å²) in [6, 6.07) is 0. The van der Waals surface area contributed by atoms with Gasteiger partial charge in [-0.2, -0.15) is 0 Å². The van der Waals surface area contributed by atoms with Gasteiger partial charge >= 0.3 is 22.4 Å². The molecule has 0 saturated heterocycles. The van der Waals surface area contributed by atoms with Crippen molar-refractivity contribution in [1.29, 1.82) is 0 Å². The minimum Gasteiger partial charge on any atom is -1.00 e. The SMILES string of the molecule is CO.[Au+].[Cl-]. The quantitative estimate of drug-likeness (QED) is 0.453. The molecule has 1 N–H and O–H groups in total. The van der Waals surface area contributed by atoms with Crippen LogP contribution in [-0.4, -0.2) is 12.2 Å². The maximum absolute atomic E-state index is 7.00. The van der Waals surface area contributed by atoms with E-state index in [9.17, 15) is 0 Å². The molecule has 0 atom stereocenters. The Morgan fingerprint density at radius 3 is 1.25 bits per heavy atom. The van der Waals surface area contributed by atoms with Crippen molar-refractivity contribution in [2.24, 2.45) is 0 Å². The maximum Gasteiger partial charge on any atom is 1.00 e. The van der Waals surface area contributed by atoms with E-state index in [-0.39, 0.29) is 34.8 Å². The normalized spacial score (nSPS) is 1.50. The van der Waals surface area contributed by atoms with Crippen LogP contribution >= 0.6 is 0 Å². The van der Waals surface area contributed by atoms with Gasteiger partial charge < -0.3 is 17.5 Å². The van der Waals surface area contributed by atoms with E-state index in [1.807, 2.05) is 0 Å². The number of aliphatic hydroxyl groups excluding tert-OH is 1. The first-order chi connectivity index (χ1) is 1.00. The molecule has 1 nitrogen and oxygen atoms in total. The van der Waals surface area contributed by atoms with Gasteiger partial charge in [-0.15, -0.1) is 0 Å². The van der Waals surface area contributed by atoms with Crippen LogP contribution in [0.1, 0.15) is 0 Å². The van der Waals surface area contributed by atoms with Crippen molar-refractivity contribution in [3.05, 3.63) is 0 Å². The van der Waals surface area contributed by atoms with Crippen LogP contribution < -0.4 is 12.4 Å². The van der Waals surface area contributed by atoms with E-state index in [4.69, 9.17) is 5.11 Å². The van der Waals surface area contributed by atoms with Crippen LogP contribution in [0, 0.1) is 0 Å². The molecule has 0 rings (SSSR count). The van der Waals surface area contributed by atoms with Crippen LogP contribution in [0.3, 0.4) is 0 Å². The predicted octanol–water partition coefficient (Wildman–Crippen LogP) is -3.39. The van der Waals surface area contributed by atoms with E-state index < -0.39 is 0 Å². The minimum absolute atomic E-state index is 0. The zero-order valence-electron chi connectivity index (χ0n) is 2.13. The Labute approximate surface area is 47.3 Å². The van der Waals surface area contributed by atoms with Gasteiger partial charge in [-0.25, -0.2) is 0 Å². The predicted molar refractivity (Wildman–Crippen MR) is 8.14 cm³/mol. The Balaban J connectivity index is -0.00000000500. The smallest absolute Gasteiger partial charge is 1.00 e. The number of halogens is 1. The minimum atomic E-state index is 0. The fourth-order valence-electron chi connectivity index (χ4n) is 0. The van der Waals surface area contributed by atoms with Gasteiger partial charge in [-0.1, -0.05) is 0 Å². The summed E-state index contributed by atoms with van der Waals surface area (Å²) in [5, 5.41) is 7.00. The average molecular weight is 264 g/mol. The average Bonchev–Trinajstić information content (AvgIpc) is 1.00. The second-order valence-electron chi connectivity index (χ2n) is 0. The number of aliphatic hydroxyl groups is 1. The molecule has 0 aromatic heterocycles. The molecule has 4 heavy (non-hydrogen) atoms. The fraction of sp³-hybridized carbons (Fsp3) is 1.00. The first kappa shape index (κ1) is 20.1. The van der Waals surface area contributed by atoms with Crippen molar-refractivity contribution in [3.8, 4) is 0 Å². The zero-order valence-corrected chi connectivity index (χ0v) is 5.05. The van der Waals surface area contributed by atoms with Gasteiger partial charge in [0.2, 0.25) is 0 Å². The maximum atomic E-state index is 7.00. The zero-order chi connectivity index (χ0) is 2.00. The summed E-state index contributed by atoms with van der Waals surface area (Å²) in [6.07, 6.45) is 0. The Morgan fingerprint density at radius 1 is 1.25 bits per heavy atom. The standard InChI is InChI=1S/CH4O.Au.ClH/c1-2;;/h2H,1H3;;1H/q;+1;/p-1. The van der Waals surface area contributed by atoms with E-state index in [2.05, 4.69) is 0 Å². The monoisotopic (exact) mass is 264 g/mol. The van der Waals surface area contributed by atoms with Gasteiger partial charge in [0.25, 0.3) is 0 Å².